The van der Waals surface area contributed by atoms with E-state index in [-0.39, 0.29) is 0 Å². The number of benzene rings is 2. The molecule has 0 aliphatic heterocycles. The molecule has 0 amide bonds. The lowest BCUT2D eigenvalue weighted by Gasteiger charge is -2.12. The topological polar surface area (TPSA) is 24.1 Å². The number of thiocarbonyl (C=S) groups is 1. The molecule has 0 heterocycles. The number of thioether (sulfide) groups is 1. The summed E-state index contributed by atoms with van der Waals surface area (Å²) >= 11 is 13.0. The largest absolute Gasteiger partial charge is 0.362 e. The number of aryl methyl sites for hydroxylation is 1. The maximum absolute atomic E-state index is 5.87. The highest BCUT2D eigenvalue weighted by Gasteiger charge is 2.00. The molecule has 0 spiro atoms. The van der Waals surface area contributed by atoms with Crippen LogP contribution in [0.1, 0.15) is 11.1 Å². The first kappa shape index (κ1) is 17.1. The van der Waals surface area contributed by atoms with Crippen molar-refractivity contribution in [1.29, 1.82) is 0 Å². The van der Waals surface area contributed by atoms with Crippen LogP contribution in [-0.2, 0) is 5.75 Å². The monoisotopic (exact) mass is 350 g/mol. The fourth-order valence-corrected chi connectivity index (χ4v) is 3.04. The van der Waals surface area contributed by atoms with Gasteiger partial charge in [-0.25, -0.2) is 0 Å². The molecule has 0 aromatic heterocycles. The average Bonchev–Trinajstić information content (AvgIpc) is 2.51. The van der Waals surface area contributed by atoms with Gasteiger partial charge in [0, 0.05) is 28.8 Å². The van der Waals surface area contributed by atoms with Gasteiger partial charge in [-0.05, 0) is 48.5 Å². The fourth-order valence-electron chi connectivity index (χ4n) is 1.89. The Morgan fingerprint density at radius 2 is 1.86 bits per heavy atom. The van der Waals surface area contributed by atoms with Crippen LogP contribution >= 0.6 is 35.6 Å². The zero-order chi connectivity index (χ0) is 15.8. The summed E-state index contributed by atoms with van der Waals surface area (Å²) in [7, 11) is 0. The first-order chi connectivity index (χ1) is 10.6. The van der Waals surface area contributed by atoms with Gasteiger partial charge in [-0.1, -0.05) is 41.9 Å². The van der Waals surface area contributed by atoms with Crippen LogP contribution in [0.25, 0.3) is 0 Å². The second kappa shape index (κ2) is 9.03. The minimum Gasteiger partial charge on any atom is -0.362 e. The van der Waals surface area contributed by atoms with Gasteiger partial charge in [0.05, 0.1) is 0 Å². The Balaban J connectivity index is 1.63. The first-order valence-corrected chi connectivity index (χ1v) is 9.02. The predicted octanol–water partition coefficient (Wildman–Crippen LogP) is 4.87. The molecule has 0 bridgehead atoms. The zero-order valence-corrected chi connectivity index (χ0v) is 14.8. The highest BCUT2D eigenvalue weighted by Crippen LogP contribution is 2.15. The molecule has 116 valence electrons. The van der Waals surface area contributed by atoms with Crippen molar-refractivity contribution >= 4 is 46.4 Å². The average molecular weight is 351 g/mol. The summed E-state index contributed by atoms with van der Waals surface area (Å²) in [6.07, 6.45) is 0. The lowest BCUT2D eigenvalue weighted by atomic mass is 10.2. The van der Waals surface area contributed by atoms with E-state index in [9.17, 15) is 0 Å². The number of anilines is 1. The second-order valence-electron chi connectivity index (χ2n) is 4.87. The molecule has 22 heavy (non-hydrogen) atoms. The van der Waals surface area contributed by atoms with E-state index in [0.717, 1.165) is 28.8 Å². The van der Waals surface area contributed by atoms with Gasteiger partial charge in [0.15, 0.2) is 5.11 Å². The van der Waals surface area contributed by atoms with E-state index < -0.39 is 0 Å². The summed E-state index contributed by atoms with van der Waals surface area (Å²) in [4.78, 5) is 0. The van der Waals surface area contributed by atoms with Gasteiger partial charge < -0.3 is 10.6 Å². The van der Waals surface area contributed by atoms with Crippen molar-refractivity contribution in [3.05, 3.63) is 64.7 Å². The van der Waals surface area contributed by atoms with E-state index in [1.54, 1.807) is 0 Å². The van der Waals surface area contributed by atoms with Crippen molar-refractivity contribution in [3.63, 3.8) is 0 Å². The molecule has 0 saturated heterocycles. The Bertz CT molecular complexity index is 614. The summed E-state index contributed by atoms with van der Waals surface area (Å²) in [5, 5.41) is 7.90. The molecule has 2 aromatic rings. The third-order valence-electron chi connectivity index (χ3n) is 3.11. The van der Waals surface area contributed by atoms with Crippen LogP contribution in [0.4, 0.5) is 5.69 Å². The molecule has 0 fully saturated rings. The molecule has 0 radical (unpaired) electrons. The van der Waals surface area contributed by atoms with Crippen LogP contribution in [0.15, 0.2) is 48.5 Å². The molecule has 0 saturated carbocycles. The van der Waals surface area contributed by atoms with E-state index in [2.05, 4.69) is 35.8 Å². The molecular weight excluding hydrogens is 332 g/mol. The van der Waals surface area contributed by atoms with E-state index in [1.807, 2.05) is 42.1 Å². The SMILES string of the molecule is Cc1ccccc1NC(=S)NCCSCc1ccc(Cl)cc1. The van der Waals surface area contributed by atoms with E-state index in [4.69, 9.17) is 23.8 Å². The van der Waals surface area contributed by atoms with Crippen LogP contribution in [0.3, 0.4) is 0 Å². The van der Waals surface area contributed by atoms with Crippen molar-refractivity contribution < 1.29 is 0 Å². The van der Waals surface area contributed by atoms with Gasteiger partial charge in [0.1, 0.15) is 0 Å². The van der Waals surface area contributed by atoms with Crippen molar-refractivity contribution in [2.24, 2.45) is 0 Å². The quantitative estimate of drug-likeness (QED) is 0.573. The van der Waals surface area contributed by atoms with Gasteiger partial charge in [-0.2, -0.15) is 11.8 Å². The van der Waals surface area contributed by atoms with Crippen LogP contribution in [0, 0.1) is 6.92 Å². The van der Waals surface area contributed by atoms with Crippen LogP contribution < -0.4 is 10.6 Å². The Kier molecular flexibility index (Phi) is 7.03. The van der Waals surface area contributed by atoms with Crippen LogP contribution in [0.2, 0.25) is 5.02 Å². The molecule has 0 aliphatic rings. The van der Waals surface area contributed by atoms with Gasteiger partial charge in [-0.15, -0.1) is 0 Å². The molecular formula is C17H19ClN2S2. The van der Waals surface area contributed by atoms with E-state index >= 15 is 0 Å². The Morgan fingerprint density at radius 1 is 1.14 bits per heavy atom. The molecule has 2 nitrogen and oxygen atoms in total. The summed E-state index contributed by atoms with van der Waals surface area (Å²) in [5.74, 6) is 1.98. The van der Waals surface area contributed by atoms with E-state index in [1.165, 1.54) is 11.1 Å². The molecule has 0 atom stereocenters. The van der Waals surface area contributed by atoms with Crippen molar-refractivity contribution in [2.45, 2.75) is 12.7 Å². The summed E-state index contributed by atoms with van der Waals surface area (Å²) < 4.78 is 0. The van der Waals surface area contributed by atoms with Gasteiger partial charge in [0.2, 0.25) is 0 Å². The highest BCUT2D eigenvalue weighted by molar-refractivity contribution is 7.98. The predicted molar refractivity (Wildman–Crippen MR) is 103 cm³/mol. The third-order valence-corrected chi connectivity index (χ3v) is 4.64. The molecule has 2 N–H and O–H groups in total. The standard InChI is InChI=1S/C17H19ClN2S2/c1-13-4-2-3-5-16(13)20-17(21)19-10-11-22-12-14-6-8-15(18)9-7-14/h2-9H,10-12H2,1H3,(H2,19,20,21). The number of nitrogens with one attached hydrogen (secondary N) is 2. The Hall–Kier alpha value is -1.23. The number of rotatable bonds is 6. The third kappa shape index (κ3) is 5.87. The molecule has 0 unspecified atom stereocenters. The highest BCUT2D eigenvalue weighted by atomic mass is 35.5. The maximum Gasteiger partial charge on any atom is 0.170 e. The van der Waals surface area contributed by atoms with Gasteiger partial charge >= 0.3 is 0 Å². The first-order valence-electron chi connectivity index (χ1n) is 7.08. The van der Waals surface area contributed by atoms with E-state index in [0.29, 0.717) is 5.11 Å². The number of halogens is 1. The lowest BCUT2D eigenvalue weighted by molar-refractivity contribution is 0.989. The molecule has 2 rings (SSSR count). The minimum absolute atomic E-state index is 0.668. The van der Waals surface area contributed by atoms with Gasteiger partial charge in [-0.3, -0.25) is 0 Å². The minimum atomic E-state index is 0.668. The summed E-state index contributed by atoms with van der Waals surface area (Å²) in [6.45, 7) is 2.91. The van der Waals surface area contributed by atoms with Crippen molar-refractivity contribution in [1.82, 2.24) is 5.32 Å². The van der Waals surface area contributed by atoms with Crippen LogP contribution in [-0.4, -0.2) is 17.4 Å². The summed E-state index contributed by atoms with van der Waals surface area (Å²) in [6, 6.07) is 16.1. The molecule has 0 aliphatic carbocycles. The lowest BCUT2D eigenvalue weighted by Crippen LogP contribution is -2.30. The second-order valence-corrected chi connectivity index (χ2v) is 6.82. The van der Waals surface area contributed by atoms with Crippen molar-refractivity contribution in [2.75, 3.05) is 17.6 Å². The number of para-hydroxylation sites is 1. The zero-order valence-electron chi connectivity index (χ0n) is 12.4. The molecule has 5 heteroatoms. The maximum atomic E-state index is 5.87. The normalized spacial score (nSPS) is 10.3. The van der Waals surface area contributed by atoms with Crippen LogP contribution in [0.5, 0.6) is 0 Å². The summed E-state index contributed by atoms with van der Waals surface area (Å²) in [5.41, 5.74) is 3.52. The van der Waals surface area contributed by atoms with Crippen molar-refractivity contribution in [3.8, 4) is 0 Å². The molecule has 2 aromatic carbocycles. The number of hydrogen-bond donors (Lipinski definition) is 2. The van der Waals surface area contributed by atoms with Gasteiger partial charge in [0.25, 0.3) is 0 Å². The fraction of sp³-hybridized carbons (Fsp3) is 0.235. The Labute approximate surface area is 146 Å². The Morgan fingerprint density at radius 3 is 2.59 bits per heavy atom. The smallest absolute Gasteiger partial charge is 0.170 e. The number of hydrogen-bond acceptors (Lipinski definition) is 2.